The maximum absolute atomic E-state index is 12.1. The molecule has 118 valence electrons. The summed E-state index contributed by atoms with van der Waals surface area (Å²) in [6.45, 7) is 6.38. The topological polar surface area (TPSA) is 50.2 Å². The van der Waals surface area contributed by atoms with Gasteiger partial charge in [0.1, 0.15) is 5.82 Å². The molecule has 0 bridgehead atoms. The molecule has 2 aromatic rings. The number of para-hydroxylation sites is 2. The van der Waals surface area contributed by atoms with Gasteiger partial charge in [0.15, 0.2) is 0 Å². The number of nitrogens with zero attached hydrogens (tertiary/aromatic N) is 3. The summed E-state index contributed by atoms with van der Waals surface area (Å²) >= 11 is 0. The first-order valence-electron chi connectivity index (χ1n) is 8.23. The third kappa shape index (κ3) is 2.67. The van der Waals surface area contributed by atoms with Gasteiger partial charge < -0.3 is 14.8 Å². The summed E-state index contributed by atoms with van der Waals surface area (Å²) in [6, 6.07) is 8.65. The summed E-state index contributed by atoms with van der Waals surface area (Å²) in [6.07, 6.45) is 3.05. The number of fused-ring (bicyclic) bond motifs is 1. The second-order valence-electron chi connectivity index (χ2n) is 5.82. The smallest absolute Gasteiger partial charge is 0.317 e. The van der Waals surface area contributed by atoms with Gasteiger partial charge in [0.2, 0.25) is 0 Å². The van der Waals surface area contributed by atoms with Crippen molar-refractivity contribution in [3.05, 3.63) is 30.1 Å². The van der Waals surface area contributed by atoms with Crippen LogP contribution in [0.25, 0.3) is 11.0 Å². The molecule has 1 N–H and O–H groups in total. The molecule has 1 aromatic carbocycles. The summed E-state index contributed by atoms with van der Waals surface area (Å²) in [7, 11) is 0. The number of likely N-dealkylation sites (tertiary alicyclic amines) is 1. The number of imidazole rings is 1. The molecule has 0 spiro atoms. The van der Waals surface area contributed by atoms with E-state index in [1.807, 2.05) is 17.9 Å². The van der Waals surface area contributed by atoms with Crippen LogP contribution in [-0.4, -0.2) is 40.1 Å². The predicted octanol–water partition coefficient (Wildman–Crippen LogP) is 2.97. The molecule has 1 aliphatic rings. The fourth-order valence-corrected chi connectivity index (χ4v) is 3.36. The SMILES string of the molecule is CCNC(=O)N1CCCC(n2c(CC)nc3ccccc32)C1. The highest BCUT2D eigenvalue weighted by Crippen LogP contribution is 2.28. The van der Waals surface area contributed by atoms with Crippen LogP contribution in [0.5, 0.6) is 0 Å². The van der Waals surface area contributed by atoms with Gasteiger partial charge in [-0.15, -0.1) is 0 Å². The lowest BCUT2D eigenvalue weighted by atomic mass is 10.1. The van der Waals surface area contributed by atoms with E-state index in [4.69, 9.17) is 4.98 Å². The third-order valence-electron chi connectivity index (χ3n) is 4.36. The summed E-state index contributed by atoms with van der Waals surface area (Å²) < 4.78 is 2.35. The molecule has 0 saturated carbocycles. The molecule has 1 atom stereocenters. The number of rotatable bonds is 3. The Kier molecular flexibility index (Phi) is 4.32. The van der Waals surface area contributed by atoms with Gasteiger partial charge >= 0.3 is 6.03 Å². The van der Waals surface area contributed by atoms with Crippen LogP contribution in [0.2, 0.25) is 0 Å². The first-order chi connectivity index (χ1) is 10.7. The highest BCUT2D eigenvalue weighted by atomic mass is 16.2. The zero-order valence-electron chi connectivity index (χ0n) is 13.4. The number of carbonyl (C=O) groups excluding carboxylic acids is 1. The lowest BCUT2D eigenvalue weighted by Crippen LogP contribution is -2.46. The van der Waals surface area contributed by atoms with Gasteiger partial charge in [-0.05, 0) is 31.9 Å². The molecular formula is C17H24N4O. The van der Waals surface area contributed by atoms with E-state index in [-0.39, 0.29) is 6.03 Å². The van der Waals surface area contributed by atoms with Crippen LogP contribution >= 0.6 is 0 Å². The van der Waals surface area contributed by atoms with Gasteiger partial charge in [-0.2, -0.15) is 0 Å². The van der Waals surface area contributed by atoms with Crippen molar-refractivity contribution in [1.82, 2.24) is 19.8 Å². The fourth-order valence-electron chi connectivity index (χ4n) is 3.36. The minimum Gasteiger partial charge on any atom is -0.338 e. The maximum Gasteiger partial charge on any atom is 0.317 e. The molecule has 1 saturated heterocycles. The van der Waals surface area contributed by atoms with Crippen molar-refractivity contribution < 1.29 is 4.79 Å². The highest BCUT2D eigenvalue weighted by molar-refractivity contribution is 5.76. The molecule has 3 rings (SSSR count). The molecule has 2 amide bonds. The molecule has 5 heteroatoms. The largest absolute Gasteiger partial charge is 0.338 e. The monoisotopic (exact) mass is 300 g/mol. The van der Waals surface area contributed by atoms with E-state index in [9.17, 15) is 4.79 Å². The molecule has 1 fully saturated rings. The van der Waals surface area contributed by atoms with Crippen molar-refractivity contribution in [3.63, 3.8) is 0 Å². The molecule has 0 radical (unpaired) electrons. The first kappa shape index (κ1) is 14.9. The fraction of sp³-hybridized carbons (Fsp3) is 0.529. The Morgan fingerprint density at radius 2 is 2.18 bits per heavy atom. The van der Waals surface area contributed by atoms with Crippen LogP contribution in [0.3, 0.4) is 0 Å². The Morgan fingerprint density at radius 1 is 1.36 bits per heavy atom. The third-order valence-corrected chi connectivity index (χ3v) is 4.36. The van der Waals surface area contributed by atoms with Crippen molar-refractivity contribution in [2.75, 3.05) is 19.6 Å². The number of aromatic nitrogens is 2. The summed E-state index contributed by atoms with van der Waals surface area (Å²) in [4.78, 5) is 18.8. The first-order valence-corrected chi connectivity index (χ1v) is 8.23. The van der Waals surface area contributed by atoms with Crippen molar-refractivity contribution in [1.29, 1.82) is 0 Å². The molecule has 2 heterocycles. The number of benzene rings is 1. The Morgan fingerprint density at radius 3 is 2.95 bits per heavy atom. The second kappa shape index (κ2) is 6.38. The standard InChI is InChI=1S/C17H24N4O/c1-3-16-19-14-9-5-6-10-15(14)21(16)13-8-7-11-20(12-13)17(22)18-4-2/h5-6,9-10,13H,3-4,7-8,11-12H2,1-2H3,(H,18,22). The van der Waals surface area contributed by atoms with Crippen LogP contribution in [0.15, 0.2) is 24.3 Å². The number of carbonyl (C=O) groups is 1. The summed E-state index contributed by atoms with van der Waals surface area (Å²) in [5.74, 6) is 1.11. The van der Waals surface area contributed by atoms with Gasteiger partial charge in [-0.25, -0.2) is 9.78 Å². The molecule has 5 nitrogen and oxygen atoms in total. The Bertz CT molecular complexity index is 664. The zero-order valence-corrected chi connectivity index (χ0v) is 13.4. The number of hydrogen-bond acceptors (Lipinski definition) is 2. The van der Waals surface area contributed by atoms with Crippen LogP contribution in [0.1, 0.15) is 38.6 Å². The van der Waals surface area contributed by atoms with Crippen molar-refractivity contribution in [2.45, 2.75) is 39.2 Å². The van der Waals surface area contributed by atoms with Crippen molar-refractivity contribution in [3.8, 4) is 0 Å². The summed E-state index contributed by atoms with van der Waals surface area (Å²) in [5.41, 5.74) is 2.23. The average molecular weight is 300 g/mol. The quantitative estimate of drug-likeness (QED) is 0.947. The Balaban J connectivity index is 1.91. The van der Waals surface area contributed by atoms with Gasteiger partial charge in [-0.1, -0.05) is 19.1 Å². The van der Waals surface area contributed by atoms with Gasteiger partial charge in [0, 0.05) is 26.1 Å². The summed E-state index contributed by atoms with van der Waals surface area (Å²) in [5, 5.41) is 2.91. The van der Waals surface area contributed by atoms with E-state index in [0.29, 0.717) is 12.6 Å². The number of aryl methyl sites for hydroxylation is 1. The molecule has 1 aromatic heterocycles. The highest BCUT2D eigenvalue weighted by Gasteiger charge is 2.26. The van der Waals surface area contributed by atoms with E-state index in [2.05, 4.69) is 35.0 Å². The van der Waals surface area contributed by atoms with Crippen LogP contribution in [0, 0.1) is 0 Å². The van der Waals surface area contributed by atoms with Crippen molar-refractivity contribution in [2.24, 2.45) is 0 Å². The van der Waals surface area contributed by atoms with Gasteiger partial charge in [0.25, 0.3) is 0 Å². The minimum absolute atomic E-state index is 0.0506. The molecule has 1 aliphatic heterocycles. The normalized spacial score (nSPS) is 18.6. The number of nitrogens with one attached hydrogen (secondary N) is 1. The molecule has 22 heavy (non-hydrogen) atoms. The Hall–Kier alpha value is -2.04. The lowest BCUT2D eigenvalue weighted by molar-refractivity contribution is 0.167. The molecule has 1 unspecified atom stereocenters. The van der Waals surface area contributed by atoms with Gasteiger partial charge in [-0.3, -0.25) is 0 Å². The second-order valence-corrected chi connectivity index (χ2v) is 5.82. The Labute approximate surface area is 131 Å². The van der Waals surface area contributed by atoms with Crippen LogP contribution in [-0.2, 0) is 6.42 Å². The number of hydrogen-bond donors (Lipinski definition) is 1. The molecule has 0 aliphatic carbocycles. The number of piperidine rings is 1. The van der Waals surface area contributed by atoms with E-state index >= 15 is 0 Å². The van der Waals surface area contributed by atoms with E-state index in [1.165, 1.54) is 5.52 Å². The van der Waals surface area contributed by atoms with Crippen LogP contribution in [0.4, 0.5) is 4.79 Å². The van der Waals surface area contributed by atoms with Gasteiger partial charge in [0.05, 0.1) is 17.1 Å². The lowest BCUT2D eigenvalue weighted by Gasteiger charge is -2.34. The predicted molar refractivity (Wildman–Crippen MR) is 88.0 cm³/mol. The average Bonchev–Trinajstić information content (AvgIpc) is 2.93. The molecular weight excluding hydrogens is 276 g/mol. The minimum atomic E-state index is 0.0506. The van der Waals surface area contributed by atoms with E-state index < -0.39 is 0 Å². The van der Waals surface area contributed by atoms with E-state index in [0.717, 1.165) is 43.7 Å². The zero-order chi connectivity index (χ0) is 15.5. The maximum atomic E-state index is 12.1. The van der Waals surface area contributed by atoms with Crippen molar-refractivity contribution >= 4 is 17.1 Å². The number of amides is 2. The van der Waals surface area contributed by atoms with E-state index in [1.54, 1.807) is 0 Å². The van der Waals surface area contributed by atoms with Crippen LogP contribution < -0.4 is 5.32 Å². The number of urea groups is 1.